The molecule has 0 heterocycles. The molecule has 0 aliphatic rings. The van der Waals surface area contributed by atoms with Crippen LogP contribution in [-0.2, 0) is 17.4 Å². The first kappa shape index (κ1) is 21.9. The second kappa shape index (κ2) is 9.34. The molecule has 3 rings (SSSR count). The van der Waals surface area contributed by atoms with Gasteiger partial charge in [-0.3, -0.25) is 9.59 Å². The quantitative estimate of drug-likeness (QED) is 0.478. The summed E-state index contributed by atoms with van der Waals surface area (Å²) in [6, 6.07) is 17.8. The minimum absolute atomic E-state index is 0.0257. The number of rotatable bonds is 6. The van der Waals surface area contributed by atoms with Gasteiger partial charge < -0.3 is 16.4 Å². The van der Waals surface area contributed by atoms with E-state index < -0.39 is 17.6 Å². The number of amides is 2. The molecule has 160 valence electrons. The topological polar surface area (TPSA) is 84.2 Å². The van der Waals surface area contributed by atoms with Crippen molar-refractivity contribution in [2.75, 3.05) is 16.4 Å². The van der Waals surface area contributed by atoms with Crippen molar-refractivity contribution >= 4 is 28.9 Å². The first-order valence-corrected chi connectivity index (χ1v) is 9.44. The highest BCUT2D eigenvalue weighted by molar-refractivity contribution is 6.05. The summed E-state index contributed by atoms with van der Waals surface area (Å²) in [5, 5.41) is 5.16. The van der Waals surface area contributed by atoms with Crippen LogP contribution in [0.15, 0.2) is 72.8 Å². The molecule has 0 aliphatic carbocycles. The van der Waals surface area contributed by atoms with Crippen molar-refractivity contribution in [2.45, 2.75) is 19.0 Å². The number of halogens is 3. The van der Waals surface area contributed by atoms with Crippen molar-refractivity contribution < 1.29 is 22.8 Å². The number of benzene rings is 3. The third-order valence-corrected chi connectivity index (χ3v) is 4.48. The van der Waals surface area contributed by atoms with E-state index in [9.17, 15) is 22.8 Å². The molecule has 0 unspecified atom stereocenters. The van der Waals surface area contributed by atoms with Crippen LogP contribution in [0.25, 0.3) is 0 Å². The van der Waals surface area contributed by atoms with Crippen molar-refractivity contribution in [3.63, 3.8) is 0 Å². The number of nitrogens with two attached hydrogens (primary N) is 1. The Morgan fingerprint density at radius 2 is 1.48 bits per heavy atom. The molecule has 4 N–H and O–H groups in total. The van der Waals surface area contributed by atoms with Crippen LogP contribution in [0.4, 0.5) is 30.2 Å². The van der Waals surface area contributed by atoms with Crippen LogP contribution in [0.1, 0.15) is 27.9 Å². The van der Waals surface area contributed by atoms with Gasteiger partial charge in [-0.25, -0.2) is 0 Å². The summed E-state index contributed by atoms with van der Waals surface area (Å²) in [6.07, 6.45) is -3.73. The Labute approximate surface area is 177 Å². The van der Waals surface area contributed by atoms with Gasteiger partial charge in [-0.2, -0.15) is 13.2 Å². The van der Waals surface area contributed by atoms with E-state index in [0.717, 1.165) is 17.7 Å². The number of alkyl halides is 3. The highest BCUT2D eigenvalue weighted by Gasteiger charge is 2.30. The average molecular weight is 427 g/mol. The zero-order valence-corrected chi connectivity index (χ0v) is 16.4. The van der Waals surface area contributed by atoms with E-state index in [-0.39, 0.29) is 23.6 Å². The fraction of sp³-hybridized carbons (Fsp3) is 0.130. The third-order valence-electron chi connectivity index (χ3n) is 4.48. The van der Waals surface area contributed by atoms with E-state index in [0.29, 0.717) is 17.8 Å². The molecule has 31 heavy (non-hydrogen) atoms. The molecule has 2 amide bonds. The SMILES string of the molecule is Nc1ccc(CCC(=O)Nc2cccc(C(=O)Nc3cccc(C(F)(F)F)c3)c2)cc1. The molecule has 0 radical (unpaired) electrons. The van der Waals surface area contributed by atoms with Gasteiger partial charge in [-0.1, -0.05) is 24.3 Å². The van der Waals surface area contributed by atoms with E-state index in [2.05, 4.69) is 10.6 Å². The zero-order valence-electron chi connectivity index (χ0n) is 16.4. The fourth-order valence-corrected chi connectivity index (χ4v) is 2.88. The van der Waals surface area contributed by atoms with Gasteiger partial charge in [0.15, 0.2) is 0 Å². The first-order chi connectivity index (χ1) is 14.7. The number of carbonyl (C=O) groups is 2. The monoisotopic (exact) mass is 427 g/mol. The summed E-state index contributed by atoms with van der Waals surface area (Å²) in [5.74, 6) is -0.815. The number of hydrogen-bond donors (Lipinski definition) is 3. The number of nitrogen functional groups attached to an aromatic ring is 1. The van der Waals surface area contributed by atoms with Crippen LogP contribution in [-0.4, -0.2) is 11.8 Å². The van der Waals surface area contributed by atoms with Crippen LogP contribution in [0, 0.1) is 0 Å². The maximum Gasteiger partial charge on any atom is 0.416 e. The maximum absolute atomic E-state index is 12.8. The number of hydrogen-bond acceptors (Lipinski definition) is 3. The summed E-state index contributed by atoms with van der Waals surface area (Å²) in [7, 11) is 0. The minimum Gasteiger partial charge on any atom is -0.399 e. The maximum atomic E-state index is 12.8. The molecule has 3 aromatic rings. The lowest BCUT2D eigenvalue weighted by atomic mass is 10.1. The summed E-state index contributed by atoms with van der Waals surface area (Å²) in [5.41, 5.74) is 7.04. The van der Waals surface area contributed by atoms with Crippen molar-refractivity contribution in [3.8, 4) is 0 Å². The van der Waals surface area contributed by atoms with Crippen molar-refractivity contribution in [3.05, 3.63) is 89.5 Å². The van der Waals surface area contributed by atoms with Gasteiger partial charge in [0.2, 0.25) is 5.91 Å². The third kappa shape index (κ3) is 6.33. The Morgan fingerprint density at radius 3 is 2.16 bits per heavy atom. The lowest BCUT2D eigenvalue weighted by Gasteiger charge is -2.11. The number of nitrogens with one attached hydrogen (secondary N) is 2. The van der Waals surface area contributed by atoms with Crippen LogP contribution < -0.4 is 16.4 Å². The standard InChI is InChI=1S/C23H20F3N3O2/c24-23(25,26)17-4-2-6-20(14-17)29-22(31)16-3-1-5-19(13-16)28-21(30)12-9-15-7-10-18(27)11-8-15/h1-8,10-11,13-14H,9,12,27H2,(H,28,30)(H,29,31). The van der Waals surface area contributed by atoms with Crippen LogP contribution in [0.2, 0.25) is 0 Å². The highest BCUT2D eigenvalue weighted by atomic mass is 19.4. The van der Waals surface area contributed by atoms with Crippen molar-refractivity contribution in [1.82, 2.24) is 0 Å². The summed E-state index contributed by atoms with van der Waals surface area (Å²) in [6.45, 7) is 0. The van der Waals surface area contributed by atoms with Gasteiger partial charge in [0.05, 0.1) is 5.56 Å². The molecule has 0 bridgehead atoms. The molecule has 0 spiro atoms. The second-order valence-corrected chi connectivity index (χ2v) is 6.90. The van der Waals surface area contributed by atoms with Crippen LogP contribution >= 0.6 is 0 Å². The molecule has 0 saturated carbocycles. The van der Waals surface area contributed by atoms with E-state index >= 15 is 0 Å². The summed E-state index contributed by atoms with van der Waals surface area (Å²) in [4.78, 5) is 24.6. The molecule has 5 nitrogen and oxygen atoms in total. The van der Waals surface area contributed by atoms with Crippen LogP contribution in [0.3, 0.4) is 0 Å². The van der Waals surface area contributed by atoms with Gasteiger partial charge in [0.1, 0.15) is 0 Å². The predicted molar refractivity (Wildman–Crippen MR) is 114 cm³/mol. The normalized spacial score (nSPS) is 11.1. The van der Waals surface area contributed by atoms with E-state index in [1.807, 2.05) is 12.1 Å². The molecular formula is C23H20F3N3O2. The largest absolute Gasteiger partial charge is 0.416 e. The second-order valence-electron chi connectivity index (χ2n) is 6.90. The van der Waals surface area contributed by atoms with Gasteiger partial charge in [-0.15, -0.1) is 0 Å². The zero-order chi connectivity index (χ0) is 22.4. The number of carbonyl (C=O) groups excluding carboxylic acids is 2. The van der Waals surface area contributed by atoms with E-state index in [1.54, 1.807) is 24.3 Å². The lowest BCUT2D eigenvalue weighted by molar-refractivity contribution is -0.137. The molecule has 0 saturated heterocycles. The summed E-state index contributed by atoms with van der Waals surface area (Å²) < 4.78 is 38.5. The van der Waals surface area contributed by atoms with Gasteiger partial charge >= 0.3 is 6.18 Å². The van der Waals surface area contributed by atoms with Crippen molar-refractivity contribution in [1.29, 1.82) is 0 Å². The van der Waals surface area contributed by atoms with Crippen molar-refractivity contribution in [2.24, 2.45) is 0 Å². The minimum atomic E-state index is -4.50. The Hall–Kier alpha value is -3.81. The molecule has 3 aromatic carbocycles. The van der Waals surface area contributed by atoms with Gasteiger partial charge in [0, 0.05) is 29.0 Å². The molecule has 8 heteroatoms. The lowest BCUT2D eigenvalue weighted by Crippen LogP contribution is -2.15. The van der Waals surface area contributed by atoms with Crippen LogP contribution in [0.5, 0.6) is 0 Å². The average Bonchev–Trinajstić information content (AvgIpc) is 2.73. The van der Waals surface area contributed by atoms with Gasteiger partial charge in [0.25, 0.3) is 5.91 Å². The Kier molecular flexibility index (Phi) is 6.59. The number of anilines is 3. The molecule has 0 aliphatic heterocycles. The Bertz CT molecular complexity index is 1080. The van der Waals surface area contributed by atoms with E-state index in [1.165, 1.54) is 24.3 Å². The summed E-state index contributed by atoms with van der Waals surface area (Å²) >= 11 is 0. The highest BCUT2D eigenvalue weighted by Crippen LogP contribution is 2.30. The fourth-order valence-electron chi connectivity index (χ4n) is 2.88. The Morgan fingerprint density at radius 1 is 0.839 bits per heavy atom. The molecule has 0 atom stereocenters. The first-order valence-electron chi connectivity index (χ1n) is 9.44. The molecular weight excluding hydrogens is 407 g/mol. The van der Waals surface area contributed by atoms with Gasteiger partial charge in [-0.05, 0) is 60.5 Å². The van der Waals surface area contributed by atoms with E-state index in [4.69, 9.17) is 5.73 Å². The number of aryl methyl sites for hydroxylation is 1. The molecule has 0 fully saturated rings. The predicted octanol–water partition coefficient (Wildman–Crippen LogP) is 5.11. The smallest absolute Gasteiger partial charge is 0.399 e. The Balaban J connectivity index is 1.61. The molecule has 0 aromatic heterocycles.